The average Bonchev–Trinajstić information content (AvgIpc) is 2.49. The van der Waals surface area contributed by atoms with Crippen molar-refractivity contribution in [2.75, 3.05) is 13.5 Å². The molecule has 0 aliphatic carbocycles. The molecule has 0 aromatic rings. The number of carbonyl (C=O) groups excluding carboxylic acids is 2. The first-order valence-electron chi connectivity index (χ1n) is 9.55. The molecule has 0 aromatic carbocycles. The highest BCUT2D eigenvalue weighted by molar-refractivity contribution is 5.96. The molecule has 0 bridgehead atoms. The van der Waals surface area contributed by atoms with Crippen molar-refractivity contribution >= 4 is 30.2 Å². The smallest absolute Gasteiger partial charge is 0.325 e. The van der Waals surface area contributed by atoms with E-state index in [1.807, 2.05) is 0 Å². The van der Waals surface area contributed by atoms with Crippen LogP contribution < -0.4 is 5.32 Å². The van der Waals surface area contributed by atoms with Gasteiger partial charge < -0.3 is 9.64 Å². The highest BCUT2D eigenvalue weighted by Crippen LogP contribution is 2.12. The molecule has 6 nitrogen and oxygen atoms in total. The van der Waals surface area contributed by atoms with Crippen LogP contribution in [0.4, 0.5) is 0 Å². The van der Waals surface area contributed by atoms with E-state index in [1.54, 1.807) is 6.92 Å². The zero-order valence-electron chi connectivity index (χ0n) is 16.7. The van der Waals surface area contributed by atoms with Gasteiger partial charge in [-0.2, -0.15) is 0 Å². The van der Waals surface area contributed by atoms with Crippen LogP contribution in [0.2, 0.25) is 0 Å². The van der Waals surface area contributed by atoms with Crippen LogP contribution in [-0.4, -0.2) is 42.4 Å². The maximum absolute atomic E-state index is 12.0. The van der Waals surface area contributed by atoms with Crippen LogP contribution in [0, 0.1) is 5.41 Å². The van der Waals surface area contributed by atoms with E-state index < -0.39 is 31.4 Å². The maximum atomic E-state index is 12.0. The van der Waals surface area contributed by atoms with Crippen molar-refractivity contribution in [3.63, 3.8) is 0 Å². The van der Waals surface area contributed by atoms with E-state index in [2.05, 4.69) is 5.32 Å². The van der Waals surface area contributed by atoms with Gasteiger partial charge in [-0.1, -0.05) is 32.1 Å². The minimum Gasteiger partial charge on any atom is -0.461 e. The molecule has 0 unspecified atom stereocenters. The van der Waals surface area contributed by atoms with Crippen molar-refractivity contribution in [1.29, 1.82) is 5.41 Å². The van der Waals surface area contributed by atoms with Gasteiger partial charge in [0, 0.05) is 17.5 Å². The SMILES string of the molecule is Cl.[2H]C([2H])([2H])N1CC(=O)O[C@H](C)CCCCCCCCCC(=O)NC1=N. The second kappa shape index (κ2) is 12.2. The predicted molar refractivity (Wildman–Crippen MR) is 92.9 cm³/mol. The Morgan fingerprint density at radius 2 is 1.78 bits per heavy atom. The summed E-state index contributed by atoms with van der Waals surface area (Å²) in [6, 6.07) is 0. The number of hydrogen-bond acceptors (Lipinski definition) is 4. The minimum absolute atomic E-state index is 0. The van der Waals surface area contributed by atoms with Crippen molar-refractivity contribution in [2.24, 2.45) is 0 Å². The third-order valence-electron chi connectivity index (χ3n) is 3.66. The fraction of sp³-hybridized carbons (Fsp3) is 0.812. The standard InChI is InChI=1S/C16H29N3O3.ClH/c1-13-10-8-6-4-3-5-7-9-11-14(20)18-16(17)19(2)12-15(21)22-13;/h13H,3-12H2,1-2H3,(H2,17,18,20);1H/t13-;/m1./s1/i2D3;. The van der Waals surface area contributed by atoms with Gasteiger partial charge in [0.05, 0.1) is 6.10 Å². The number of esters is 1. The van der Waals surface area contributed by atoms with Crippen molar-refractivity contribution in [2.45, 2.75) is 70.8 Å². The van der Waals surface area contributed by atoms with Crippen LogP contribution in [0.15, 0.2) is 0 Å². The van der Waals surface area contributed by atoms with Gasteiger partial charge in [-0.3, -0.25) is 20.3 Å². The monoisotopic (exact) mass is 350 g/mol. The largest absolute Gasteiger partial charge is 0.461 e. The van der Waals surface area contributed by atoms with Crippen molar-refractivity contribution in [3.8, 4) is 0 Å². The summed E-state index contributed by atoms with van der Waals surface area (Å²) in [5.74, 6) is -1.73. The van der Waals surface area contributed by atoms with Crippen LogP contribution >= 0.6 is 12.4 Å². The molecular weight excluding hydrogens is 318 g/mol. The molecule has 134 valence electrons. The Morgan fingerprint density at radius 1 is 1.17 bits per heavy atom. The Balaban J connectivity index is 0.00000625. The third kappa shape index (κ3) is 10.2. The molecule has 0 aromatic heterocycles. The molecule has 1 atom stereocenters. The van der Waals surface area contributed by atoms with Crippen LogP contribution in [-0.2, 0) is 14.3 Å². The summed E-state index contributed by atoms with van der Waals surface area (Å²) in [7, 11) is 0. The third-order valence-corrected chi connectivity index (χ3v) is 3.66. The molecule has 1 aliphatic rings. The number of hydrogen-bond donors (Lipinski definition) is 2. The normalized spacial score (nSPS) is 25.8. The Kier molecular flexibility index (Phi) is 8.75. The molecule has 0 radical (unpaired) electrons. The van der Waals surface area contributed by atoms with Crippen molar-refractivity contribution in [3.05, 3.63) is 0 Å². The fourth-order valence-corrected chi connectivity index (χ4v) is 2.39. The van der Waals surface area contributed by atoms with Gasteiger partial charge >= 0.3 is 5.97 Å². The predicted octanol–water partition coefficient (Wildman–Crippen LogP) is 2.85. The number of carbonyl (C=O) groups is 2. The van der Waals surface area contributed by atoms with Gasteiger partial charge in [0.25, 0.3) is 0 Å². The van der Waals surface area contributed by atoms with Gasteiger partial charge in [0.2, 0.25) is 5.91 Å². The molecule has 1 fully saturated rings. The van der Waals surface area contributed by atoms with E-state index in [1.165, 1.54) is 0 Å². The Bertz CT molecular complexity index is 475. The lowest BCUT2D eigenvalue weighted by molar-refractivity contribution is -0.148. The average molecular weight is 351 g/mol. The van der Waals surface area contributed by atoms with E-state index in [-0.39, 0.29) is 24.9 Å². The number of halogens is 1. The Hall–Kier alpha value is -1.30. The van der Waals surface area contributed by atoms with Gasteiger partial charge in [-0.25, -0.2) is 0 Å². The van der Waals surface area contributed by atoms with Crippen LogP contribution in [0.3, 0.4) is 0 Å². The van der Waals surface area contributed by atoms with Crippen LogP contribution in [0.1, 0.15) is 68.8 Å². The summed E-state index contributed by atoms with van der Waals surface area (Å²) in [6.07, 6.45) is 7.59. The number of guanidine groups is 1. The fourth-order valence-electron chi connectivity index (χ4n) is 2.39. The lowest BCUT2D eigenvalue weighted by atomic mass is 10.1. The van der Waals surface area contributed by atoms with Gasteiger partial charge in [0.1, 0.15) is 6.54 Å². The maximum Gasteiger partial charge on any atom is 0.325 e. The van der Waals surface area contributed by atoms with Gasteiger partial charge in [0.15, 0.2) is 5.96 Å². The van der Waals surface area contributed by atoms with E-state index in [0.29, 0.717) is 11.3 Å². The van der Waals surface area contributed by atoms with Gasteiger partial charge in [-0.05, 0) is 26.2 Å². The van der Waals surface area contributed by atoms with E-state index in [0.717, 1.165) is 44.9 Å². The zero-order valence-corrected chi connectivity index (χ0v) is 14.5. The minimum atomic E-state index is -2.71. The lowest BCUT2D eigenvalue weighted by Crippen LogP contribution is -2.44. The summed E-state index contributed by atoms with van der Waals surface area (Å²) >= 11 is 0. The zero-order chi connectivity index (χ0) is 18.9. The Morgan fingerprint density at radius 3 is 2.43 bits per heavy atom. The molecule has 1 saturated heterocycles. The summed E-state index contributed by atoms with van der Waals surface area (Å²) in [4.78, 5) is 24.5. The van der Waals surface area contributed by atoms with E-state index in [9.17, 15) is 9.59 Å². The number of likely N-dealkylation sites (N-methyl/N-ethyl adjacent to an activating group) is 1. The molecule has 7 heteroatoms. The molecule has 0 saturated carbocycles. The van der Waals surface area contributed by atoms with E-state index >= 15 is 0 Å². The molecule has 1 heterocycles. The first kappa shape index (κ1) is 16.6. The molecule has 1 rings (SSSR count). The second-order valence-electron chi connectivity index (χ2n) is 5.80. The number of rotatable bonds is 0. The molecular formula is C16H30ClN3O3. The molecule has 2 N–H and O–H groups in total. The first-order valence-corrected chi connectivity index (χ1v) is 8.05. The summed E-state index contributed by atoms with van der Waals surface area (Å²) < 4.78 is 27.7. The summed E-state index contributed by atoms with van der Waals surface area (Å²) in [5.41, 5.74) is 0. The topological polar surface area (TPSA) is 82.5 Å². The van der Waals surface area contributed by atoms with Crippen LogP contribution in [0.25, 0.3) is 0 Å². The highest BCUT2D eigenvalue weighted by Gasteiger charge is 2.15. The quantitative estimate of drug-likeness (QED) is 0.658. The van der Waals surface area contributed by atoms with Crippen molar-refractivity contribution < 1.29 is 18.4 Å². The highest BCUT2D eigenvalue weighted by atomic mass is 35.5. The van der Waals surface area contributed by atoms with Crippen molar-refractivity contribution in [1.82, 2.24) is 10.2 Å². The van der Waals surface area contributed by atoms with E-state index in [4.69, 9.17) is 14.3 Å². The lowest BCUT2D eigenvalue weighted by Gasteiger charge is -2.20. The number of amides is 1. The number of nitrogens with zero attached hydrogens (tertiary/aromatic N) is 1. The molecule has 0 spiro atoms. The van der Waals surface area contributed by atoms with Gasteiger partial charge in [-0.15, -0.1) is 12.4 Å². The molecule has 1 aliphatic heterocycles. The number of nitrogens with one attached hydrogen (secondary N) is 2. The second-order valence-corrected chi connectivity index (χ2v) is 5.80. The molecule has 23 heavy (non-hydrogen) atoms. The number of cyclic esters (lactones) is 1. The summed E-state index contributed by atoms with van der Waals surface area (Å²) in [6.45, 7) is -1.53. The number of ether oxygens (including phenoxy) is 1. The summed E-state index contributed by atoms with van der Waals surface area (Å²) in [5, 5.41) is 10.1. The first-order chi connectivity index (χ1) is 11.7. The van der Waals surface area contributed by atoms with Crippen LogP contribution in [0.5, 0.6) is 0 Å². The Labute approximate surface area is 149 Å². The molecule has 1 amide bonds.